The predicted molar refractivity (Wildman–Crippen MR) is 26.8 cm³/mol. The van der Waals surface area contributed by atoms with E-state index in [1.165, 1.54) is 6.19 Å². The second-order valence-electron chi connectivity index (χ2n) is 0.372. The molecule has 4 nitrogen and oxygen atoms in total. The molecular formula is C2H6N2O2RfS. The van der Waals surface area contributed by atoms with E-state index in [1.807, 2.05) is 4.72 Å². The van der Waals surface area contributed by atoms with Gasteiger partial charge in [0.2, 0.25) is 0 Å². The normalized spacial score (nSPS) is 5.00. The molecule has 44 valence electrons. The fourth-order valence-electron chi connectivity index (χ4n) is 0.0373. The van der Waals surface area contributed by atoms with E-state index in [0.29, 0.717) is 12.2 Å². The van der Waals surface area contributed by atoms with Gasteiger partial charge in [-0.2, -0.15) is 5.26 Å². The minimum atomic E-state index is 0. The summed E-state index contributed by atoms with van der Waals surface area (Å²) >= 11 is 0.453. The Morgan fingerprint density at radius 3 is 2.38 bits per heavy atom. The summed E-state index contributed by atoms with van der Waals surface area (Å²) in [7, 11) is 0. The van der Waals surface area contributed by atoms with Crippen molar-refractivity contribution >= 4 is 12.2 Å². The molecule has 0 saturated heterocycles. The molecule has 0 atom stereocenters. The van der Waals surface area contributed by atoms with Crippen LogP contribution in [0.25, 0.3) is 0 Å². The summed E-state index contributed by atoms with van der Waals surface area (Å²) in [6.45, 7) is 0. The molecule has 0 aliphatic carbocycles. The third-order valence-electron chi connectivity index (χ3n) is 0.125. The second-order valence-corrected chi connectivity index (χ2v) is 0.892. The van der Waals surface area contributed by atoms with Gasteiger partial charge in [0, 0.05) is 0 Å². The molecule has 0 aliphatic rings. The molecule has 0 saturated carbocycles. The van der Waals surface area contributed by atoms with Crippen LogP contribution < -0.4 is 4.72 Å². The molecule has 0 aromatic heterocycles. The Kier molecular flexibility index (Phi) is 35.3. The number of rotatable bonds is 2. The van der Waals surface area contributed by atoms with E-state index in [4.69, 9.17) is 10.5 Å². The number of nitriles is 1. The SMILES string of the molecule is C.N#CNSOO.[Rf]. The van der Waals surface area contributed by atoms with Gasteiger partial charge in [-0.05, 0) is 0 Å². The molecule has 0 aromatic rings. The van der Waals surface area contributed by atoms with Gasteiger partial charge >= 0.3 is 0 Å². The fourth-order valence-corrected chi connectivity index (χ4v) is 0.112. The van der Waals surface area contributed by atoms with Crippen LogP contribution in [0, 0.1) is 11.5 Å². The van der Waals surface area contributed by atoms with Crippen LogP contribution in [-0.2, 0) is 4.33 Å². The van der Waals surface area contributed by atoms with E-state index in [1.54, 1.807) is 0 Å². The van der Waals surface area contributed by atoms with Crippen molar-refractivity contribution in [3.05, 3.63) is 0 Å². The van der Waals surface area contributed by atoms with Crippen molar-refractivity contribution < 1.29 is 9.59 Å². The van der Waals surface area contributed by atoms with E-state index in [0.717, 1.165) is 0 Å². The van der Waals surface area contributed by atoms with E-state index in [9.17, 15) is 0 Å². The first-order valence-electron chi connectivity index (χ1n) is 1.03. The van der Waals surface area contributed by atoms with Crippen LogP contribution in [0.15, 0.2) is 0 Å². The van der Waals surface area contributed by atoms with Crippen molar-refractivity contribution in [2.75, 3.05) is 0 Å². The van der Waals surface area contributed by atoms with Gasteiger partial charge in [-0.3, -0.25) is 0 Å². The van der Waals surface area contributed by atoms with Crippen molar-refractivity contribution in [2.24, 2.45) is 0 Å². The Hall–Kier alpha value is -1.44. The molecule has 2 N–H and O–H groups in total. The smallest absolute Gasteiger partial charge is 0.189 e. The molecule has 0 aromatic carbocycles. The first-order valence-corrected chi connectivity index (χ1v) is 1.77. The number of hydrogen-bond acceptors (Lipinski definition) is 5. The van der Waals surface area contributed by atoms with E-state index in [-0.39, 0.29) is 7.43 Å². The van der Waals surface area contributed by atoms with Gasteiger partial charge in [0.1, 0.15) is 0 Å². The molecule has 0 rings (SSSR count). The molecule has 0 aliphatic heterocycles. The van der Waals surface area contributed by atoms with Crippen molar-refractivity contribution in [3.63, 3.8) is 0 Å². The van der Waals surface area contributed by atoms with Gasteiger partial charge < -0.3 is 0 Å². The van der Waals surface area contributed by atoms with Crippen LogP contribution in [-0.4, -0.2) is 5.26 Å². The average molecular weight is 389 g/mol. The maximum absolute atomic E-state index is 7.62. The van der Waals surface area contributed by atoms with Crippen LogP contribution in [0.3, 0.4) is 0 Å². The topological polar surface area (TPSA) is 65.3 Å². The average Bonchev–Trinajstić information content (AvgIpc) is 1.61. The van der Waals surface area contributed by atoms with Crippen molar-refractivity contribution in [2.45, 2.75) is 7.43 Å². The quantitative estimate of drug-likeness (QED) is 0.139. The summed E-state index contributed by atoms with van der Waals surface area (Å²) in [6.07, 6.45) is 1.50. The first-order chi connectivity index (χ1) is 2.91. The number of nitrogens with zero attached hydrogens (tertiary/aromatic N) is 1. The van der Waals surface area contributed by atoms with Gasteiger partial charge in [-0.15, -0.1) is 4.33 Å². The van der Waals surface area contributed by atoms with Crippen molar-refractivity contribution in [3.8, 4) is 6.19 Å². The van der Waals surface area contributed by atoms with Crippen LogP contribution in [0.5, 0.6) is 0 Å². The molecular weight excluding hydrogens is 383 g/mol. The predicted octanol–water partition coefficient (Wildman–Crippen LogP) is 0.746. The number of nitrogens with one attached hydrogen (secondary N) is 1. The van der Waals surface area contributed by atoms with Gasteiger partial charge in [0.05, 0.1) is 0 Å². The summed E-state index contributed by atoms with van der Waals surface area (Å²) in [5, 5.41) is 15.1. The second kappa shape index (κ2) is 17.6. The molecule has 0 bridgehead atoms. The van der Waals surface area contributed by atoms with Crippen molar-refractivity contribution in [1.82, 2.24) is 4.72 Å². The van der Waals surface area contributed by atoms with Crippen LogP contribution in [0.4, 0.5) is 0 Å². The Morgan fingerprint density at radius 2 is 2.25 bits per heavy atom. The summed E-state index contributed by atoms with van der Waals surface area (Å²) < 4.78 is 5.31. The summed E-state index contributed by atoms with van der Waals surface area (Å²) in [4.78, 5) is 0. The van der Waals surface area contributed by atoms with Gasteiger partial charge in [-0.25, -0.2) is 9.98 Å². The summed E-state index contributed by atoms with van der Waals surface area (Å²) in [5.41, 5.74) is 0. The zero-order chi connectivity index (χ0) is 4.83. The maximum atomic E-state index is 7.62. The zero-order valence-corrected chi connectivity index (χ0v) is 10.6. The monoisotopic (exact) mass is 389 g/mol. The summed E-state index contributed by atoms with van der Waals surface area (Å²) in [5.74, 6) is 0. The van der Waals surface area contributed by atoms with Crippen molar-refractivity contribution in [1.29, 1.82) is 5.26 Å². The zero-order valence-electron chi connectivity index (χ0n) is 3.42. The molecule has 0 fully saturated rings. The minimum absolute atomic E-state index is 0. The van der Waals surface area contributed by atoms with E-state index < -0.39 is 0 Å². The molecule has 0 amide bonds. The Labute approximate surface area is 46.4 Å². The fraction of sp³-hybridized carbons (Fsp3) is 0.500. The van der Waals surface area contributed by atoms with E-state index in [2.05, 4.69) is 4.33 Å². The maximum Gasteiger partial charge on any atom is 0.189 e. The minimum Gasteiger partial charge on any atom is -0.240 e. The largest absolute Gasteiger partial charge is 0.240 e. The first kappa shape index (κ1) is 16.0. The molecule has 0 heterocycles. The molecule has 8 heavy (non-hydrogen) atoms. The van der Waals surface area contributed by atoms with Crippen LogP contribution in [0.2, 0.25) is 0 Å². The Balaban J connectivity index is -0.000000125. The van der Waals surface area contributed by atoms with Crippen LogP contribution in [0.1, 0.15) is 7.43 Å². The Bertz CT molecular complexity index is 65.5. The molecule has 0 spiro atoms. The van der Waals surface area contributed by atoms with Gasteiger partial charge in [0.15, 0.2) is 18.4 Å². The third kappa shape index (κ3) is 23.7. The van der Waals surface area contributed by atoms with E-state index >= 15 is 0 Å². The van der Waals surface area contributed by atoms with Gasteiger partial charge in [-0.1, -0.05) is 7.43 Å². The summed E-state index contributed by atoms with van der Waals surface area (Å²) in [6, 6.07) is 0. The van der Waals surface area contributed by atoms with Crippen LogP contribution >= 0.6 is 12.2 Å². The number of hydrogen-bond donors (Lipinski definition) is 2. The standard InChI is InChI=1S/CH2N2O2S.CH4.Rf/c2-1-3-6-5-4;;/h3-4H;1H4;. The molecule has 0 unspecified atom stereocenters. The van der Waals surface area contributed by atoms with Gasteiger partial charge in [0.25, 0.3) is 0 Å². The molecule has 0 radical (unpaired) electrons. The molecule has 6 heteroatoms. The third-order valence-corrected chi connectivity index (χ3v) is 0.374. The Morgan fingerprint density at radius 1 is 1.75 bits per heavy atom.